The van der Waals surface area contributed by atoms with Crippen LogP contribution in [0.2, 0.25) is 25.7 Å². The molecule has 1 aliphatic rings. The first kappa shape index (κ1) is 71.0. The summed E-state index contributed by atoms with van der Waals surface area (Å²) in [6.07, 6.45) is 37.6. The molecule has 2 unspecified atom stereocenters. The smallest absolute Gasteiger partial charge is 0.309 e. The number of aliphatic hydroxyl groups excluding tert-OH is 1. The summed E-state index contributed by atoms with van der Waals surface area (Å²) >= 11 is 0. The number of hydrogen-bond acceptors (Lipinski definition) is 11. The molecule has 1 heterocycles. The Morgan fingerprint density at radius 1 is 0.573 bits per heavy atom. The van der Waals surface area contributed by atoms with E-state index in [4.69, 9.17) is 28.4 Å². The fourth-order valence-electron chi connectivity index (χ4n) is 10.0. The number of hydrogen-bond donors (Lipinski definition) is 2. The highest BCUT2D eigenvalue weighted by atomic mass is 28.3. The van der Waals surface area contributed by atoms with Crippen LogP contribution in [0.3, 0.4) is 0 Å². The Bertz CT molecular complexity index is 1360. The van der Waals surface area contributed by atoms with Gasteiger partial charge in [0.1, 0.15) is 25.6 Å². The molecule has 0 spiro atoms. The van der Waals surface area contributed by atoms with Gasteiger partial charge in [-0.15, -0.1) is 0 Å². The second-order valence-electron chi connectivity index (χ2n) is 23.4. The fraction of sp³-hybridized carbons (Fsp3) is 0.935. The van der Waals surface area contributed by atoms with Crippen molar-refractivity contribution >= 4 is 31.9 Å². The van der Waals surface area contributed by atoms with Gasteiger partial charge < -0.3 is 38.8 Å². The number of nitrogens with one attached hydrogen (secondary N) is 1. The van der Waals surface area contributed by atoms with Crippen molar-refractivity contribution in [3.63, 3.8) is 0 Å². The Balaban J connectivity index is 3.14. The van der Waals surface area contributed by atoms with Gasteiger partial charge >= 0.3 is 17.9 Å². The zero-order valence-electron chi connectivity index (χ0n) is 49.8. The largest absolute Gasteiger partial charge is 0.466 e. The molecule has 1 aliphatic heterocycles. The maximum atomic E-state index is 14.5. The van der Waals surface area contributed by atoms with Crippen molar-refractivity contribution in [2.24, 2.45) is 5.92 Å². The fourth-order valence-corrected chi connectivity index (χ4v) is 10.8. The van der Waals surface area contributed by atoms with E-state index >= 15 is 0 Å². The van der Waals surface area contributed by atoms with Gasteiger partial charge in [-0.1, -0.05) is 239 Å². The predicted octanol–water partition coefficient (Wildman–Crippen LogP) is 15.8. The normalized spacial score (nSPS) is 17.7. The molecule has 1 amide bonds. The number of amides is 1. The number of aliphatic hydroxyl groups is 1. The highest BCUT2D eigenvalue weighted by molar-refractivity contribution is 6.76. The Morgan fingerprint density at radius 2 is 1.00 bits per heavy atom. The van der Waals surface area contributed by atoms with E-state index in [0.29, 0.717) is 26.1 Å². The summed E-state index contributed by atoms with van der Waals surface area (Å²) in [7, 11) is -1.28. The molecule has 75 heavy (non-hydrogen) atoms. The summed E-state index contributed by atoms with van der Waals surface area (Å²) in [5.74, 6) is -1.71. The molecule has 12 nitrogen and oxygen atoms in total. The molecule has 0 aromatic rings. The van der Waals surface area contributed by atoms with Gasteiger partial charge in [-0.05, 0) is 45.1 Å². The standard InChI is InChI=1S/C62H119NO11Si/c1-8-12-15-18-21-24-26-27-30-32-35-38-43-53(42-37-34-31-29-25-22-19-16-13-9-2)62(68)74-61-55(50-71-56(60(61)67)51-72-59(66)46-41-40-45-58(65)70-11-4)63-57(64)49-54(73-52-69-47-48-75(5,6)7)44-39-36-33-28-23-20-17-14-10-3/h53-56,60-61,67H,8-52H2,1-7H3,(H,63,64)/t53?,54?,55-,56+,60+,61+/m0/s1. The lowest BCUT2D eigenvalue weighted by Gasteiger charge is -2.40. The number of unbranched alkanes of at least 4 members (excludes halogenated alkanes) is 29. The van der Waals surface area contributed by atoms with E-state index in [9.17, 15) is 24.3 Å². The van der Waals surface area contributed by atoms with Crippen LogP contribution in [0.4, 0.5) is 0 Å². The van der Waals surface area contributed by atoms with E-state index in [1.807, 2.05) is 0 Å². The van der Waals surface area contributed by atoms with Crippen LogP contribution in [0, 0.1) is 5.92 Å². The van der Waals surface area contributed by atoms with Crippen molar-refractivity contribution in [2.45, 2.75) is 334 Å². The minimum absolute atomic E-state index is 0.0338. The van der Waals surface area contributed by atoms with Gasteiger partial charge in [-0.2, -0.15) is 0 Å². The van der Waals surface area contributed by atoms with E-state index in [1.165, 1.54) is 141 Å². The van der Waals surface area contributed by atoms with Crippen molar-refractivity contribution in [1.82, 2.24) is 5.32 Å². The predicted molar refractivity (Wildman–Crippen MR) is 310 cm³/mol. The number of carbonyl (C=O) groups excluding carboxylic acids is 4. The third kappa shape index (κ3) is 41.6. The first-order chi connectivity index (χ1) is 36.3. The lowest BCUT2D eigenvalue weighted by Crippen LogP contribution is -2.62. The lowest BCUT2D eigenvalue weighted by atomic mass is 9.93. The summed E-state index contributed by atoms with van der Waals surface area (Å²) in [4.78, 5) is 53.1. The van der Waals surface area contributed by atoms with Crippen LogP contribution in [-0.4, -0.2) is 101 Å². The second kappa shape index (κ2) is 49.0. The van der Waals surface area contributed by atoms with Crippen LogP contribution in [0.25, 0.3) is 0 Å². The maximum Gasteiger partial charge on any atom is 0.309 e. The van der Waals surface area contributed by atoms with Crippen LogP contribution < -0.4 is 5.32 Å². The molecule has 0 saturated carbocycles. The molecule has 0 bridgehead atoms. The number of rotatable bonds is 53. The van der Waals surface area contributed by atoms with E-state index in [1.54, 1.807) is 6.92 Å². The molecule has 1 saturated heterocycles. The molecule has 442 valence electrons. The molecule has 0 aromatic carbocycles. The topological polar surface area (TPSA) is 156 Å². The number of esters is 3. The van der Waals surface area contributed by atoms with Crippen LogP contribution in [0.15, 0.2) is 0 Å². The zero-order chi connectivity index (χ0) is 55.0. The van der Waals surface area contributed by atoms with Gasteiger partial charge in [0.15, 0.2) is 6.10 Å². The van der Waals surface area contributed by atoms with Gasteiger partial charge in [-0.25, -0.2) is 0 Å². The van der Waals surface area contributed by atoms with Gasteiger partial charge in [-0.3, -0.25) is 19.2 Å². The summed E-state index contributed by atoms with van der Waals surface area (Å²) < 4.78 is 35.2. The van der Waals surface area contributed by atoms with Crippen molar-refractivity contribution in [1.29, 1.82) is 0 Å². The van der Waals surface area contributed by atoms with E-state index < -0.39 is 38.4 Å². The molecule has 2 N–H and O–H groups in total. The first-order valence-electron chi connectivity index (χ1n) is 31.6. The van der Waals surface area contributed by atoms with Crippen LogP contribution >= 0.6 is 0 Å². The minimum Gasteiger partial charge on any atom is -0.466 e. The molecular formula is C62H119NO11Si. The highest BCUT2D eigenvalue weighted by Gasteiger charge is 2.44. The second-order valence-corrected chi connectivity index (χ2v) is 29.0. The van der Waals surface area contributed by atoms with Gasteiger partial charge in [0.05, 0.1) is 37.7 Å². The number of carbonyl (C=O) groups is 4. The highest BCUT2D eigenvalue weighted by Crippen LogP contribution is 2.27. The Labute approximate surface area is 461 Å². The van der Waals surface area contributed by atoms with E-state index in [-0.39, 0.29) is 69.1 Å². The van der Waals surface area contributed by atoms with Gasteiger partial charge in [0, 0.05) is 27.5 Å². The third-order valence-corrected chi connectivity index (χ3v) is 16.7. The Hall–Kier alpha value is -2.06. The molecule has 1 rings (SSSR count). The van der Waals surface area contributed by atoms with Crippen LogP contribution in [0.5, 0.6) is 0 Å². The first-order valence-corrected chi connectivity index (χ1v) is 35.4. The summed E-state index contributed by atoms with van der Waals surface area (Å²) in [6, 6.07) is 0.206. The molecule has 0 aromatic heterocycles. The minimum atomic E-state index is -1.36. The SMILES string of the molecule is CCCCCCCCCCCCCCC(CCCCCCCCCCCC)C(=O)O[C@H]1[C@H](O)[C@@H](COC(=O)CCCCC(=O)OCC)OC[C@@H]1NC(=O)CC(CCCCCCCCCCC)OCOCC[Si](C)(C)C. The van der Waals surface area contributed by atoms with Gasteiger partial charge in [0.2, 0.25) is 5.91 Å². The number of ether oxygens (including phenoxy) is 6. The summed E-state index contributed by atoms with van der Waals surface area (Å²) in [6.45, 7) is 16.3. The molecule has 13 heteroatoms. The van der Waals surface area contributed by atoms with Crippen LogP contribution in [-0.2, 0) is 47.6 Å². The van der Waals surface area contributed by atoms with Crippen LogP contribution in [0.1, 0.15) is 278 Å². The maximum absolute atomic E-state index is 14.5. The third-order valence-electron chi connectivity index (χ3n) is 15.0. The van der Waals surface area contributed by atoms with Gasteiger partial charge in [0.25, 0.3) is 0 Å². The monoisotopic (exact) mass is 1080 g/mol. The average Bonchev–Trinajstić information content (AvgIpc) is 3.37. The van der Waals surface area contributed by atoms with Crippen molar-refractivity contribution in [3.8, 4) is 0 Å². The quantitative estimate of drug-likeness (QED) is 0.0196. The van der Waals surface area contributed by atoms with Crippen molar-refractivity contribution in [3.05, 3.63) is 0 Å². The molecular weight excluding hydrogens is 963 g/mol. The molecule has 0 aliphatic carbocycles. The zero-order valence-corrected chi connectivity index (χ0v) is 50.8. The summed E-state index contributed by atoms with van der Waals surface area (Å²) in [5.41, 5.74) is 0. The molecule has 0 radical (unpaired) electrons. The Kier molecular flexibility index (Phi) is 46.4. The summed E-state index contributed by atoms with van der Waals surface area (Å²) in [5, 5.41) is 15.0. The van der Waals surface area contributed by atoms with Crippen molar-refractivity contribution in [2.75, 3.05) is 33.2 Å². The molecule has 6 atom stereocenters. The van der Waals surface area contributed by atoms with Crippen molar-refractivity contribution < 1.29 is 52.7 Å². The van der Waals surface area contributed by atoms with E-state index in [2.05, 4.69) is 45.7 Å². The Morgan fingerprint density at radius 3 is 1.44 bits per heavy atom. The van der Waals surface area contributed by atoms with E-state index in [0.717, 1.165) is 83.1 Å². The average molecular weight is 1080 g/mol. The molecule has 1 fully saturated rings. The lowest BCUT2D eigenvalue weighted by molar-refractivity contribution is -0.198.